The maximum Gasteiger partial charge on any atom is 0.154 e. The third-order valence-electron chi connectivity index (χ3n) is 1.68. The zero-order valence-electron chi connectivity index (χ0n) is 7.16. The highest BCUT2D eigenvalue weighted by Gasteiger charge is 2.36. The fourth-order valence-corrected chi connectivity index (χ4v) is 5.31. The van der Waals surface area contributed by atoms with Crippen LogP contribution >= 0.6 is 22.6 Å². The lowest BCUT2D eigenvalue weighted by Gasteiger charge is -2.16. The quantitative estimate of drug-likeness (QED) is 0.565. The average Bonchev–Trinajstić information content (AvgIpc) is 2.03. The first kappa shape index (κ1) is 10.7. The minimum atomic E-state index is -2.82. The summed E-state index contributed by atoms with van der Waals surface area (Å²) >= 11 is 2.15. The second-order valence-corrected chi connectivity index (χ2v) is 7.07. The van der Waals surface area contributed by atoms with E-state index in [0.29, 0.717) is 0 Å². The van der Waals surface area contributed by atoms with Gasteiger partial charge in [-0.1, -0.05) is 22.6 Å². The van der Waals surface area contributed by atoms with Gasteiger partial charge in [-0.05, 0) is 13.8 Å². The van der Waals surface area contributed by atoms with Crippen LogP contribution in [0.25, 0.3) is 0 Å². The van der Waals surface area contributed by atoms with Crippen LogP contribution in [0.1, 0.15) is 13.8 Å². The first-order valence-electron chi connectivity index (χ1n) is 3.90. The van der Waals surface area contributed by atoms with Gasteiger partial charge in [-0.3, -0.25) is 0 Å². The molecule has 1 saturated heterocycles. The zero-order chi connectivity index (χ0) is 9.35. The van der Waals surface area contributed by atoms with Gasteiger partial charge in [-0.25, -0.2) is 8.42 Å². The Kier molecular flexibility index (Phi) is 3.39. The van der Waals surface area contributed by atoms with Crippen molar-refractivity contribution in [3.05, 3.63) is 0 Å². The SMILES string of the molecule is CC(C)OC1CS(=O)(=O)CC1I. The summed E-state index contributed by atoms with van der Waals surface area (Å²) in [5, 5.41) is 0. The van der Waals surface area contributed by atoms with Crippen molar-refractivity contribution in [2.45, 2.75) is 30.0 Å². The fourth-order valence-electron chi connectivity index (χ4n) is 1.25. The zero-order valence-corrected chi connectivity index (χ0v) is 10.1. The normalized spacial score (nSPS) is 34.3. The summed E-state index contributed by atoms with van der Waals surface area (Å²) in [6.45, 7) is 3.85. The Hall–Kier alpha value is 0.640. The molecule has 2 atom stereocenters. The van der Waals surface area contributed by atoms with Crippen molar-refractivity contribution in [2.24, 2.45) is 0 Å². The second-order valence-electron chi connectivity index (χ2n) is 3.32. The van der Waals surface area contributed by atoms with E-state index in [1.165, 1.54) is 0 Å². The molecule has 0 radical (unpaired) electrons. The van der Waals surface area contributed by atoms with Crippen molar-refractivity contribution in [1.82, 2.24) is 0 Å². The minimum Gasteiger partial charge on any atom is -0.373 e. The fraction of sp³-hybridized carbons (Fsp3) is 1.00. The molecule has 12 heavy (non-hydrogen) atoms. The van der Waals surface area contributed by atoms with Gasteiger partial charge in [0, 0.05) is 0 Å². The van der Waals surface area contributed by atoms with E-state index < -0.39 is 9.84 Å². The Morgan fingerprint density at radius 1 is 1.42 bits per heavy atom. The molecule has 1 heterocycles. The van der Waals surface area contributed by atoms with Gasteiger partial charge in [-0.2, -0.15) is 0 Å². The van der Waals surface area contributed by atoms with Crippen LogP contribution in [0.3, 0.4) is 0 Å². The molecule has 0 aromatic rings. The molecule has 3 nitrogen and oxygen atoms in total. The van der Waals surface area contributed by atoms with E-state index in [-0.39, 0.29) is 27.6 Å². The highest BCUT2D eigenvalue weighted by molar-refractivity contribution is 14.1. The Morgan fingerprint density at radius 3 is 2.33 bits per heavy atom. The number of alkyl halides is 1. The maximum atomic E-state index is 11.1. The summed E-state index contributed by atoms with van der Waals surface area (Å²) in [6.07, 6.45) is 0.0103. The molecule has 1 aliphatic heterocycles. The second kappa shape index (κ2) is 3.79. The van der Waals surface area contributed by atoms with Crippen LogP contribution < -0.4 is 0 Å². The molecule has 2 unspecified atom stereocenters. The molecule has 0 bridgehead atoms. The lowest BCUT2D eigenvalue weighted by atomic mass is 10.3. The first-order chi connectivity index (χ1) is 5.41. The molecule has 0 aromatic heterocycles. The van der Waals surface area contributed by atoms with Gasteiger partial charge in [-0.15, -0.1) is 0 Å². The van der Waals surface area contributed by atoms with E-state index in [1.807, 2.05) is 13.8 Å². The van der Waals surface area contributed by atoms with E-state index >= 15 is 0 Å². The van der Waals surface area contributed by atoms with Crippen LogP contribution in [0.15, 0.2) is 0 Å². The molecule has 0 aromatic carbocycles. The average molecular weight is 304 g/mol. The van der Waals surface area contributed by atoms with Gasteiger partial charge < -0.3 is 4.74 Å². The Morgan fingerprint density at radius 2 is 2.00 bits per heavy atom. The molecule has 0 aliphatic carbocycles. The van der Waals surface area contributed by atoms with Gasteiger partial charge in [0.25, 0.3) is 0 Å². The Labute approximate surface area is 86.9 Å². The van der Waals surface area contributed by atoms with Crippen molar-refractivity contribution in [2.75, 3.05) is 11.5 Å². The molecule has 72 valence electrons. The highest BCUT2D eigenvalue weighted by Crippen LogP contribution is 2.23. The van der Waals surface area contributed by atoms with Gasteiger partial charge in [0.2, 0.25) is 0 Å². The summed E-state index contributed by atoms with van der Waals surface area (Å²) in [4.78, 5) is 0. The molecular weight excluding hydrogens is 291 g/mol. The Balaban J connectivity index is 2.58. The molecule has 1 rings (SSSR count). The Bertz CT molecular complexity index is 247. The van der Waals surface area contributed by atoms with E-state index in [0.717, 1.165) is 0 Å². The molecule has 0 N–H and O–H groups in total. The van der Waals surface area contributed by atoms with Crippen molar-refractivity contribution in [3.8, 4) is 0 Å². The topological polar surface area (TPSA) is 43.4 Å². The number of hydrogen-bond donors (Lipinski definition) is 0. The van der Waals surface area contributed by atoms with E-state index in [4.69, 9.17) is 4.74 Å². The molecule has 1 aliphatic rings. The molecule has 0 spiro atoms. The first-order valence-corrected chi connectivity index (χ1v) is 6.97. The van der Waals surface area contributed by atoms with Crippen LogP contribution in [0.4, 0.5) is 0 Å². The maximum absolute atomic E-state index is 11.1. The number of hydrogen-bond acceptors (Lipinski definition) is 3. The summed E-state index contributed by atoms with van der Waals surface area (Å²) in [5.41, 5.74) is 0. The van der Waals surface area contributed by atoms with Crippen LogP contribution in [-0.4, -0.2) is 36.1 Å². The monoisotopic (exact) mass is 304 g/mol. The summed E-state index contributed by atoms with van der Waals surface area (Å²) < 4.78 is 27.9. The lowest BCUT2D eigenvalue weighted by Crippen LogP contribution is -2.25. The van der Waals surface area contributed by atoms with E-state index in [1.54, 1.807) is 0 Å². The van der Waals surface area contributed by atoms with Crippen LogP contribution in [0.2, 0.25) is 0 Å². The number of halogens is 1. The van der Waals surface area contributed by atoms with Crippen molar-refractivity contribution >= 4 is 32.4 Å². The van der Waals surface area contributed by atoms with Crippen molar-refractivity contribution in [1.29, 1.82) is 0 Å². The largest absolute Gasteiger partial charge is 0.373 e. The van der Waals surface area contributed by atoms with Gasteiger partial charge in [0.1, 0.15) is 0 Å². The highest BCUT2D eigenvalue weighted by atomic mass is 127. The number of ether oxygens (including phenoxy) is 1. The van der Waals surface area contributed by atoms with Crippen LogP contribution in [0, 0.1) is 0 Å². The third-order valence-corrected chi connectivity index (χ3v) is 5.23. The molecule has 5 heteroatoms. The summed E-state index contributed by atoms with van der Waals surface area (Å²) in [6, 6.07) is 0. The van der Waals surface area contributed by atoms with Crippen molar-refractivity contribution < 1.29 is 13.2 Å². The predicted octanol–water partition coefficient (Wildman–Crippen LogP) is 1.01. The van der Waals surface area contributed by atoms with Crippen LogP contribution in [0.5, 0.6) is 0 Å². The van der Waals surface area contributed by atoms with Crippen molar-refractivity contribution in [3.63, 3.8) is 0 Å². The summed E-state index contributed by atoms with van der Waals surface area (Å²) in [7, 11) is -2.82. The van der Waals surface area contributed by atoms with E-state index in [9.17, 15) is 8.42 Å². The molecule has 0 saturated carbocycles. The number of rotatable bonds is 2. The van der Waals surface area contributed by atoms with Gasteiger partial charge in [0.15, 0.2) is 9.84 Å². The van der Waals surface area contributed by atoms with Crippen LogP contribution in [-0.2, 0) is 14.6 Å². The molecule has 1 fully saturated rings. The third kappa shape index (κ3) is 2.85. The van der Waals surface area contributed by atoms with Gasteiger partial charge >= 0.3 is 0 Å². The number of sulfone groups is 1. The van der Waals surface area contributed by atoms with E-state index in [2.05, 4.69) is 22.6 Å². The standard InChI is InChI=1S/C7H13IO3S/c1-5(2)11-7-4-12(9,10)3-6(7)8/h5-7H,3-4H2,1-2H3. The minimum absolute atomic E-state index is 0.101. The molecule has 0 amide bonds. The smallest absolute Gasteiger partial charge is 0.154 e. The van der Waals surface area contributed by atoms with Gasteiger partial charge in [0.05, 0.1) is 27.6 Å². The summed E-state index contributed by atoms with van der Waals surface area (Å²) in [5.74, 6) is 0.462. The molecular formula is C7H13IO3S. The lowest BCUT2D eigenvalue weighted by molar-refractivity contribution is 0.0286. The predicted molar refractivity (Wildman–Crippen MR) is 56.5 cm³/mol.